The first-order valence-electron chi connectivity index (χ1n) is 9.93. The summed E-state index contributed by atoms with van der Waals surface area (Å²) in [5.74, 6) is -2.76. The summed E-state index contributed by atoms with van der Waals surface area (Å²) in [6.45, 7) is 0.781. The van der Waals surface area contributed by atoms with E-state index in [0.29, 0.717) is 6.42 Å². The van der Waals surface area contributed by atoms with Crippen LogP contribution in [0.4, 0.5) is 26.3 Å². The van der Waals surface area contributed by atoms with Crippen LogP contribution in [0.3, 0.4) is 0 Å². The fraction of sp³-hybridized carbons (Fsp3) is 0.500. The first-order chi connectivity index (χ1) is 15.5. The third-order valence-corrected chi connectivity index (χ3v) is 7.22. The third kappa shape index (κ3) is 4.34. The summed E-state index contributed by atoms with van der Waals surface area (Å²) in [6, 6.07) is 3.72. The molecule has 4 rings (SSSR count). The van der Waals surface area contributed by atoms with Gasteiger partial charge < -0.3 is 14.2 Å². The zero-order valence-corrected chi connectivity index (χ0v) is 18.5. The van der Waals surface area contributed by atoms with Crippen LogP contribution in [0.15, 0.2) is 33.7 Å². The largest absolute Gasteiger partial charge is 0.480 e. The van der Waals surface area contributed by atoms with Crippen LogP contribution in [0.2, 0.25) is 0 Å². The smallest absolute Gasteiger partial charge is 0.452 e. The topological polar surface area (TPSA) is 89.7 Å². The van der Waals surface area contributed by atoms with Gasteiger partial charge >= 0.3 is 12.4 Å². The van der Waals surface area contributed by atoms with Crippen molar-refractivity contribution in [2.75, 3.05) is 19.3 Å². The molecule has 0 spiro atoms. The predicted molar refractivity (Wildman–Crippen MR) is 103 cm³/mol. The quantitative estimate of drug-likeness (QED) is 0.566. The summed E-state index contributed by atoms with van der Waals surface area (Å²) in [5.41, 5.74) is -1.23. The first kappa shape index (κ1) is 24.4. The van der Waals surface area contributed by atoms with Gasteiger partial charge in [-0.25, -0.2) is 8.42 Å². The Morgan fingerprint density at radius 2 is 1.91 bits per heavy atom. The molecule has 1 saturated carbocycles. The van der Waals surface area contributed by atoms with Crippen molar-refractivity contribution < 1.29 is 48.8 Å². The molecule has 3 atom stereocenters. The molecule has 0 radical (unpaired) electrons. The van der Waals surface area contributed by atoms with Crippen LogP contribution in [-0.2, 0) is 21.4 Å². The highest BCUT2D eigenvalue weighted by Gasteiger charge is 2.64. The molecule has 186 valence electrons. The van der Waals surface area contributed by atoms with Gasteiger partial charge in [-0.15, -0.1) is 0 Å². The van der Waals surface area contributed by atoms with Crippen LogP contribution < -0.4 is 4.74 Å². The molecule has 7 nitrogen and oxygen atoms in total. The number of piperidine rings is 1. The Labute approximate surface area is 189 Å². The van der Waals surface area contributed by atoms with Crippen LogP contribution in [0.5, 0.6) is 5.75 Å². The molecule has 14 heteroatoms. The molecule has 2 fully saturated rings. The van der Waals surface area contributed by atoms with Crippen molar-refractivity contribution in [1.29, 1.82) is 0 Å². The lowest BCUT2D eigenvalue weighted by Gasteiger charge is -2.24. The monoisotopic (exact) mass is 512 g/mol. The zero-order valence-electron chi connectivity index (χ0n) is 17.7. The second kappa shape index (κ2) is 7.62. The van der Waals surface area contributed by atoms with Crippen LogP contribution in [-0.4, -0.2) is 56.0 Å². The van der Waals surface area contributed by atoms with Crippen molar-refractivity contribution >= 4 is 15.7 Å². The molecular formula is C20H18F6N2O5S. The van der Waals surface area contributed by atoms with E-state index in [2.05, 4.69) is 9.68 Å². The number of hydrogen-bond donors (Lipinski definition) is 0. The molecule has 1 saturated heterocycles. The Balaban J connectivity index is 1.63. The van der Waals surface area contributed by atoms with Crippen molar-refractivity contribution in [3.8, 4) is 5.75 Å². The van der Waals surface area contributed by atoms with Crippen LogP contribution >= 0.6 is 0 Å². The number of hydrogen-bond acceptors (Lipinski definition) is 6. The minimum Gasteiger partial charge on any atom is -0.480 e. The van der Waals surface area contributed by atoms with Gasteiger partial charge in [0.05, 0.1) is 16.2 Å². The van der Waals surface area contributed by atoms with Gasteiger partial charge in [-0.3, -0.25) is 4.79 Å². The molecule has 2 aromatic rings. The van der Waals surface area contributed by atoms with E-state index in [4.69, 9.17) is 4.74 Å². The number of fused-ring (bicyclic) bond motifs is 1. The van der Waals surface area contributed by atoms with E-state index < -0.39 is 56.7 Å². The molecule has 34 heavy (non-hydrogen) atoms. The van der Waals surface area contributed by atoms with E-state index in [1.807, 2.05) is 0 Å². The highest BCUT2D eigenvalue weighted by Crippen LogP contribution is 2.59. The minimum atomic E-state index is -4.74. The number of carbonyl (C=O) groups is 1. The van der Waals surface area contributed by atoms with E-state index in [1.54, 1.807) is 0 Å². The molecule has 1 aliphatic heterocycles. The molecule has 0 unspecified atom stereocenters. The van der Waals surface area contributed by atoms with Crippen LogP contribution in [0.1, 0.15) is 35.2 Å². The number of ether oxygens (including phenoxy) is 1. The maximum Gasteiger partial charge on any atom is 0.452 e. The minimum absolute atomic E-state index is 0.0344. The molecule has 1 aromatic heterocycles. The van der Waals surface area contributed by atoms with E-state index in [9.17, 15) is 39.6 Å². The Hall–Kier alpha value is -2.77. The second-order valence-corrected chi connectivity index (χ2v) is 10.6. The lowest BCUT2D eigenvalue weighted by Crippen LogP contribution is -2.35. The van der Waals surface area contributed by atoms with Crippen molar-refractivity contribution in [3.63, 3.8) is 0 Å². The summed E-state index contributed by atoms with van der Waals surface area (Å²) in [5, 5.41) is 3.51. The van der Waals surface area contributed by atoms with Crippen molar-refractivity contribution in [1.82, 2.24) is 10.1 Å². The van der Waals surface area contributed by atoms with Gasteiger partial charge in [0.2, 0.25) is 5.76 Å². The SMILES string of the molecule is C[C@H](Oc1ccc(S(C)(=O)=O)cc1C(=O)N1C[C@@H]2C[C@]2(c2cc(C(F)(F)F)on2)C1)C(F)(F)F. The Morgan fingerprint density at radius 3 is 2.47 bits per heavy atom. The van der Waals surface area contributed by atoms with E-state index in [1.165, 1.54) is 4.90 Å². The first-order valence-corrected chi connectivity index (χ1v) is 11.8. The number of sulfone groups is 1. The number of aromatic nitrogens is 1. The average Bonchev–Trinajstić information content (AvgIpc) is 3.07. The number of halogens is 6. The van der Waals surface area contributed by atoms with E-state index >= 15 is 0 Å². The number of alkyl halides is 6. The lowest BCUT2D eigenvalue weighted by atomic mass is 10.0. The summed E-state index contributed by atoms with van der Waals surface area (Å²) in [4.78, 5) is 14.2. The molecule has 0 bridgehead atoms. The van der Waals surface area contributed by atoms with Gasteiger partial charge in [0.1, 0.15) is 5.75 Å². The zero-order chi connectivity index (χ0) is 25.3. The normalized spacial score (nSPS) is 23.5. The second-order valence-electron chi connectivity index (χ2n) is 8.55. The molecule has 1 aliphatic carbocycles. The molecule has 1 aromatic carbocycles. The summed E-state index contributed by atoms with van der Waals surface area (Å²) in [6.07, 6.45) is -10.4. The molecular weight excluding hydrogens is 494 g/mol. The number of likely N-dealkylation sites (tertiary alicyclic amines) is 1. The molecule has 0 N–H and O–H groups in total. The summed E-state index contributed by atoms with van der Waals surface area (Å²) in [7, 11) is -3.80. The average molecular weight is 512 g/mol. The van der Waals surface area contributed by atoms with E-state index in [-0.39, 0.29) is 29.6 Å². The number of carbonyl (C=O) groups excluding carboxylic acids is 1. The molecule has 1 amide bonds. The van der Waals surface area contributed by atoms with E-state index in [0.717, 1.165) is 37.4 Å². The number of benzene rings is 1. The summed E-state index contributed by atoms with van der Waals surface area (Å²) < 4.78 is 111. The number of nitrogens with zero attached hydrogens (tertiary/aromatic N) is 2. The van der Waals surface area contributed by atoms with Gasteiger partial charge in [0.15, 0.2) is 15.9 Å². The fourth-order valence-corrected chi connectivity index (χ4v) is 4.76. The standard InChI is InChI=1S/C20H18F6N2O5S/c1-10(19(21,22)23)32-14-4-3-12(34(2,30)31)5-13(14)17(29)28-8-11-7-18(11,9-28)15-6-16(33-27-15)20(24,25)26/h3-6,10-11H,7-9H2,1-2H3/t10-,11-,18-/m0/s1. The van der Waals surface area contributed by atoms with Crippen LogP contribution in [0.25, 0.3) is 0 Å². The predicted octanol–water partition coefficient (Wildman–Crippen LogP) is 3.84. The highest BCUT2D eigenvalue weighted by atomic mass is 32.2. The van der Waals surface area contributed by atoms with Crippen molar-refractivity contribution in [2.45, 2.75) is 42.1 Å². The third-order valence-electron chi connectivity index (χ3n) is 6.11. The number of amides is 1. The molecule has 2 heterocycles. The Bertz CT molecular complexity index is 1240. The van der Waals surface area contributed by atoms with Gasteiger partial charge in [-0.1, -0.05) is 5.16 Å². The lowest BCUT2D eigenvalue weighted by molar-refractivity contribution is -0.189. The van der Waals surface area contributed by atoms with Crippen LogP contribution in [0, 0.1) is 5.92 Å². The van der Waals surface area contributed by atoms with Gasteiger partial charge in [-0.05, 0) is 37.5 Å². The van der Waals surface area contributed by atoms with Gasteiger partial charge in [-0.2, -0.15) is 26.3 Å². The molecule has 2 aliphatic rings. The van der Waals surface area contributed by atoms with Crippen molar-refractivity contribution in [3.05, 3.63) is 41.3 Å². The summed E-state index contributed by atoms with van der Waals surface area (Å²) >= 11 is 0. The number of rotatable bonds is 5. The fourth-order valence-electron chi connectivity index (χ4n) is 4.11. The highest BCUT2D eigenvalue weighted by molar-refractivity contribution is 7.90. The maximum absolute atomic E-state index is 13.2. The van der Waals surface area contributed by atoms with Gasteiger partial charge in [0, 0.05) is 30.8 Å². The van der Waals surface area contributed by atoms with Gasteiger partial charge in [0.25, 0.3) is 5.91 Å². The Morgan fingerprint density at radius 1 is 1.24 bits per heavy atom. The van der Waals surface area contributed by atoms with Crippen molar-refractivity contribution in [2.24, 2.45) is 5.92 Å². The maximum atomic E-state index is 13.2. The Kier molecular flexibility index (Phi) is 5.46.